The molecule has 1 unspecified atom stereocenters. The molecule has 0 saturated heterocycles. The Bertz CT molecular complexity index is 949. The average Bonchev–Trinajstić information content (AvgIpc) is 3.19. The van der Waals surface area contributed by atoms with Crippen LogP contribution >= 0.6 is 0 Å². The lowest BCUT2D eigenvalue weighted by Gasteiger charge is -2.27. The molecule has 31 heavy (non-hydrogen) atoms. The molecule has 0 radical (unpaired) electrons. The predicted octanol–water partition coefficient (Wildman–Crippen LogP) is 3.81. The largest absolute Gasteiger partial charge is 0.497 e. The van der Waals surface area contributed by atoms with Crippen molar-refractivity contribution in [2.75, 3.05) is 20.7 Å². The molecule has 7 nitrogen and oxygen atoms in total. The molecule has 3 rings (SSSR count). The van der Waals surface area contributed by atoms with Crippen LogP contribution in [0.3, 0.4) is 0 Å². The Balaban J connectivity index is 1.82. The molecule has 1 heterocycles. The molecule has 3 amide bonds. The number of hydrogen-bond donors (Lipinski definition) is 1. The number of rotatable bonds is 5. The van der Waals surface area contributed by atoms with E-state index in [1.54, 1.807) is 14.2 Å². The highest BCUT2D eigenvalue weighted by Crippen LogP contribution is 2.33. The smallest absolute Gasteiger partial charge is 0.318 e. The molecule has 2 aromatic carbocycles. The first kappa shape index (κ1) is 22.3. The Kier molecular flexibility index (Phi) is 6.63. The van der Waals surface area contributed by atoms with Crippen molar-refractivity contribution in [2.45, 2.75) is 38.8 Å². The summed E-state index contributed by atoms with van der Waals surface area (Å²) in [5.41, 5.74) is 2.39. The van der Waals surface area contributed by atoms with Gasteiger partial charge in [0.25, 0.3) is 5.91 Å². The number of ether oxygens (including phenoxy) is 1. The Hall–Kier alpha value is -3.35. The topological polar surface area (TPSA) is 74.2 Å². The van der Waals surface area contributed by atoms with Gasteiger partial charge in [0.05, 0.1) is 18.9 Å². The van der Waals surface area contributed by atoms with Crippen molar-refractivity contribution in [3.63, 3.8) is 0 Å². The van der Waals surface area contributed by atoms with Gasteiger partial charge in [-0.25, -0.2) is 9.80 Å². The Morgan fingerprint density at radius 2 is 1.77 bits per heavy atom. The number of carbonyl (C=O) groups is 2. The van der Waals surface area contributed by atoms with E-state index in [-0.39, 0.29) is 30.1 Å². The van der Waals surface area contributed by atoms with Gasteiger partial charge in [-0.1, -0.05) is 30.3 Å². The van der Waals surface area contributed by atoms with Crippen molar-refractivity contribution in [3.8, 4) is 5.75 Å². The number of hydrogen-bond acceptors (Lipinski definition) is 4. The number of urea groups is 1. The van der Waals surface area contributed by atoms with Gasteiger partial charge in [-0.15, -0.1) is 0 Å². The second kappa shape index (κ2) is 9.20. The van der Waals surface area contributed by atoms with Crippen LogP contribution in [-0.4, -0.2) is 53.8 Å². The normalized spacial score (nSPS) is 16.0. The average molecular weight is 423 g/mol. The second-order valence-electron chi connectivity index (χ2n) is 8.68. The monoisotopic (exact) mass is 422 g/mol. The summed E-state index contributed by atoms with van der Waals surface area (Å²) < 4.78 is 5.23. The van der Waals surface area contributed by atoms with Gasteiger partial charge in [-0.3, -0.25) is 4.79 Å². The first-order chi connectivity index (χ1) is 14.7. The van der Waals surface area contributed by atoms with Crippen LogP contribution in [0.15, 0.2) is 59.7 Å². The highest BCUT2D eigenvalue weighted by Gasteiger charge is 2.34. The molecule has 0 bridgehead atoms. The van der Waals surface area contributed by atoms with Crippen LogP contribution in [0.2, 0.25) is 0 Å². The summed E-state index contributed by atoms with van der Waals surface area (Å²) in [5.74, 6) is 0.533. The SMILES string of the molecule is COc1ccc(C2=NN(C(=O)CN(C)C(=O)NC(C)(C)C)C(c3ccccc3)C2)cc1. The minimum atomic E-state index is -0.381. The standard InChI is InChI=1S/C24H30N4O3/c1-24(2,3)25-23(30)27(4)16-22(29)28-21(18-9-7-6-8-10-18)15-20(26-28)17-11-13-19(31-5)14-12-17/h6-14,21H,15-16H2,1-5H3,(H,25,30). The minimum absolute atomic E-state index is 0.0648. The van der Waals surface area contributed by atoms with Gasteiger partial charge in [-0.05, 0) is 56.2 Å². The van der Waals surface area contributed by atoms with Crippen LogP contribution < -0.4 is 10.1 Å². The predicted molar refractivity (Wildman–Crippen MR) is 121 cm³/mol. The van der Waals surface area contributed by atoms with Gasteiger partial charge in [0.1, 0.15) is 12.3 Å². The van der Waals surface area contributed by atoms with Crippen molar-refractivity contribution < 1.29 is 14.3 Å². The van der Waals surface area contributed by atoms with Gasteiger partial charge in [0.2, 0.25) is 0 Å². The summed E-state index contributed by atoms with van der Waals surface area (Å²) in [6.07, 6.45) is 0.597. The fourth-order valence-electron chi connectivity index (χ4n) is 3.40. The summed E-state index contributed by atoms with van der Waals surface area (Å²) in [6, 6.07) is 17.0. The summed E-state index contributed by atoms with van der Waals surface area (Å²) in [5, 5.41) is 9.04. The first-order valence-electron chi connectivity index (χ1n) is 10.3. The molecule has 2 aromatic rings. The maximum absolute atomic E-state index is 13.2. The second-order valence-corrected chi connectivity index (χ2v) is 8.68. The molecule has 0 aromatic heterocycles. The molecule has 164 valence electrons. The number of nitrogens with one attached hydrogen (secondary N) is 1. The van der Waals surface area contributed by atoms with Crippen LogP contribution in [0.5, 0.6) is 5.75 Å². The molecule has 1 aliphatic heterocycles. The fraction of sp³-hybridized carbons (Fsp3) is 0.375. The first-order valence-corrected chi connectivity index (χ1v) is 10.3. The van der Waals surface area contributed by atoms with E-state index >= 15 is 0 Å². The molecule has 0 aliphatic carbocycles. The number of benzene rings is 2. The van der Waals surface area contributed by atoms with E-state index < -0.39 is 0 Å². The zero-order valence-corrected chi connectivity index (χ0v) is 18.8. The van der Waals surface area contributed by atoms with Crippen molar-refractivity contribution in [1.82, 2.24) is 15.2 Å². The van der Waals surface area contributed by atoms with Gasteiger partial charge >= 0.3 is 6.03 Å². The Morgan fingerprint density at radius 3 is 2.35 bits per heavy atom. The third-order valence-electron chi connectivity index (χ3n) is 4.97. The van der Waals surface area contributed by atoms with Crippen molar-refractivity contribution in [2.24, 2.45) is 5.10 Å². The highest BCUT2D eigenvalue weighted by atomic mass is 16.5. The zero-order chi connectivity index (χ0) is 22.6. The molecule has 1 aliphatic rings. The molecule has 0 saturated carbocycles. The van der Waals surface area contributed by atoms with E-state index in [0.717, 1.165) is 22.6 Å². The Morgan fingerprint density at radius 1 is 1.13 bits per heavy atom. The molecule has 1 N–H and O–H groups in total. The van der Waals surface area contributed by atoms with Gasteiger partial charge in [-0.2, -0.15) is 5.10 Å². The van der Waals surface area contributed by atoms with Crippen LogP contribution in [-0.2, 0) is 4.79 Å². The zero-order valence-electron chi connectivity index (χ0n) is 18.8. The van der Waals surface area contributed by atoms with Crippen LogP contribution in [0.25, 0.3) is 0 Å². The third kappa shape index (κ3) is 5.63. The third-order valence-corrected chi connectivity index (χ3v) is 4.97. The summed E-state index contributed by atoms with van der Waals surface area (Å²) in [7, 11) is 3.24. The van der Waals surface area contributed by atoms with Crippen LogP contribution in [0.4, 0.5) is 4.79 Å². The molecule has 1 atom stereocenters. The van der Waals surface area contributed by atoms with Gasteiger partial charge in [0.15, 0.2) is 0 Å². The summed E-state index contributed by atoms with van der Waals surface area (Å²) >= 11 is 0. The summed E-state index contributed by atoms with van der Waals surface area (Å²) in [4.78, 5) is 27.0. The quantitative estimate of drug-likeness (QED) is 0.796. The van der Waals surface area contributed by atoms with Crippen molar-refractivity contribution in [3.05, 3.63) is 65.7 Å². The number of amides is 3. The number of nitrogens with zero attached hydrogens (tertiary/aromatic N) is 3. The lowest BCUT2D eigenvalue weighted by Crippen LogP contribution is -2.49. The van der Waals surface area contributed by atoms with E-state index in [1.165, 1.54) is 9.91 Å². The van der Waals surface area contributed by atoms with E-state index in [1.807, 2.05) is 75.4 Å². The van der Waals surface area contributed by atoms with E-state index in [4.69, 9.17) is 4.74 Å². The van der Waals surface area contributed by atoms with Crippen molar-refractivity contribution >= 4 is 17.6 Å². The molecule has 0 fully saturated rings. The lowest BCUT2D eigenvalue weighted by atomic mass is 9.98. The van der Waals surface area contributed by atoms with Gasteiger partial charge in [0, 0.05) is 19.0 Å². The molecular weight excluding hydrogens is 392 g/mol. The minimum Gasteiger partial charge on any atom is -0.497 e. The van der Waals surface area contributed by atoms with Crippen LogP contribution in [0, 0.1) is 0 Å². The van der Waals surface area contributed by atoms with E-state index in [9.17, 15) is 9.59 Å². The molecular formula is C24H30N4O3. The maximum atomic E-state index is 13.2. The fourth-order valence-corrected chi connectivity index (χ4v) is 3.40. The lowest BCUT2D eigenvalue weighted by molar-refractivity contribution is -0.133. The number of hydrazone groups is 1. The van der Waals surface area contributed by atoms with E-state index in [0.29, 0.717) is 6.42 Å². The van der Waals surface area contributed by atoms with Crippen molar-refractivity contribution in [1.29, 1.82) is 0 Å². The molecule has 7 heteroatoms. The highest BCUT2D eigenvalue weighted by molar-refractivity contribution is 6.03. The summed E-state index contributed by atoms with van der Waals surface area (Å²) in [6.45, 7) is 5.64. The van der Waals surface area contributed by atoms with Gasteiger partial charge < -0.3 is 15.0 Å². The maximum Gasteiger partial charge on any atom is 0.318 e. The molecule has 0 spiro atoms. The van der Waals surface area contributed by atoms with Crippen LogP contribution in [0.1, 0.15) is 44.4 Å². The number of likely N-dealkylation sites (N-methyl/N-ethyl adjacent to an activating group) is 1. The number of methoxy groups -OCH3 is 1. The van der Waals surface area contributed by atoms with E-state index in [2.05, 4.69) is 10.4 Å². The number of carbonyl (C=O) groups excluding carboxylic acids is 2. The Labute approximate surface area is 183 Å².